The molecule has 1 aromatic carbocycles. The molecule has 3 nitrogen and oxygen atoms in total. The standard InChI is InChI=1S/C14H13N3/c15-10-5-6-11(12(16)8-10)14-7-9-3-1-2-4-13(9)17-14/h1-4,6-7,15-17H,5,8H2. The molecule has 0 unspecified atom stereocenters. The molecule has 0 saturated carbocycles. The number of allylic oxidation sites excluding steroid dienone is 2. The molecule has 0 amide bonds. The normalized spacial score (nSPS) is 16.4. The number of fused-ring (bicyclic) bond motifs is 1. The van der Waals surface area contributed by atoms with Crippen LogP contribution in [0.4, 0.5) is 0 Å². The molecule has 1 heterocycles. The van der Waals surface area contributed by atoms with Crippen LogP contribution in [0, 0.1) is 10.8 Å². The quantitative estimate of drug-likeness (QED) is 0.663. The summed E-state index contributed by atoms with van der Waals surface area (Å²) < 4.78 is 0. The highest BCUT2D eigenvalue weighted by molar-refractivity contribution is 6.29. The fraction of sp³-hybridized carbons (Fsp3) is 0.143. The average molecular weight is 223 g/mol. The van der Waals surface area contributed by atoms with Gasteiger partial charge in [0.05, 0.1) is 0 Å². The maximum atomic E-state index is 7.96. The molecule has 0 radical (unpaired) electrons. The minimum atomic E-state index is 0.473. The molecule has 0 bridgehead atoms. The van der Waals surface area contributed by atoms with E-state index in [0.717, 1.165) is 22.2 Å². The number of para-hydroxylation sites is 1. The monoisotopic (exact) mass is 223 g/mol. The van der Waals surface area contributed by atoms with Crippen molar-refractivity contribution in [2.75, 3.05) is 0 Å². The SMILES string of the molecule is N=C1CC=C(c2cc3ccccc3[nH]2)C(=N)C1. The van der Waals surface area contributed by atoms with Crippen LogP contribution in [0.2, 0.25) is 0 Å². The molecular formula is C14H13N3. The van der Waals surface area contributed by atoms with Gasteiger partial charge in [-0.05, 0) is 12.1 Å². The molecule has 1 aliphatic carbocycles. The van der Waals surface area contributed by atoms with Crippen LogP contribution in [0.25, 0.3) is 16.5 Å². The van der Waals surface area contributed by atoms with E-state index < -0.39 is 0 Å². The second-order valence-corrected chi connectivity index (χ2v) is 4.35. The number of hydrogen-bond acceptors (Lipinski definition) is 2. The number of aromatic amines is 1. The molecule has 84 valence electrons. The van der Waals surface area contributed by atoms with Crippen LogP contribution in [0.15, 0.2) is 36.4 Å². The lowest BCUT2D eigenvalue weighted by Crippen LogP contribution is -2.13. The van der Waals surface area contributed by atoms with Gasteiger partial charge in [0.1, 0.15) is 0 Å². The van der Waals surface area contributed by atoms with Crippen LogP contribution in [-0.2, 0) is 0 Å². The fourth-order valence-corrected chi connectivity index (χ4v) is 2.22. The first kappa shape index (κ1) is 10.0. The van der Waals surface area contributed by atoms with Gasteiger partial charge in [-0.15, -0.1) is 0 Å². The van der Waals surface area contributed by atoms with Gasteiger partial charge in [-0.3, -0.25) is 0 Å². The lowest BCUT2D eigenvalue weighted by Gasteiger charge is -2.13. The third-order valence-electron chi connectivity index (χ3n) is 3.09. The predicted octanol–water partition coefficient (Wildman–Crippen LogP) is 3.38. The molecule has 2 aromatic rings. The van der Waals surface area contributed by atoms with E-state index in [1.54, 1.807) is 0 Å². The first-order valence-electron chi connectivity index (χ1n) is 5.66. The summed E-state index contributed by atoms with van der Waals surface area (Å²) in [6.45, 7) is 0. The van der Waals surface area contributed by atoms with E-state index in [4.69, 9.17) is 10.8 Å². The maximum absolute atomic E-state index is 7.96. The zero-order valence-electron chi connectivity index (χ0n) is 9.38. The lowest BCUT2D eigenvalue weighted by molar-refractivity contribution is 1.24. The van der Waals surface area contributed by atoms with E-state index in [9.17, 15) is 0 Å². The average Bonchev–Trinajstić information content (AvgIpc) is 2.72. The van der Waals surface area contributed by atoms with Crippen molar-refractivity contribution in [3.05, 3.63) is 42.1 Å². The number of aromatic nitrogens is 1. The molecule has 1 aliphatic rings. The molecule has 0 fully saturated rings. The van der Waals surface area contributed by atoms with E-state index in [2.05, 4.69) is 17.1 Å². The van der Waals surface area contributed by atoms with Gasteiger partial charge in [0.2, 0.25) is 0 Å². The lowest BCUT2D eigenvalue weighted by atomic mass is 9.94. The van der Waals surface area contributed by atoms with Crippen LogP contribution in [0.3, 0.4) is 0 Å². The maximum Gasteiger partial charge on any atom is 0.0480 e. The van der Waals surface area contributed by atoms with Crippen LogP contribution >= 0.6 is 0 Å². The van der Waals surface area contributed by atoms with Gasteiger partial charge >= 0.3 is 0 Å². The minimum absolute atomic E-state index is 0.473. The number of rotatable bonds is 1. The van der Waals surface area contributed by atoms with Gasteiger partial charge in [0, 0.05) is 46.4 Å². The molecule has 3 rings (SSSR count). The van der Waals surface area contributed by atoms with Crippen LogP contribution in [0.5, 0.6) is 0 Å². The Kier molecular flexibility index (Phi) is 2.18. The Balaban J connectivity index is 2.09. The van der Waals surface area contributed by atoms with Gasteiger partial charge in [0.25, 0.3) is 0 Å². The molecule has 0 spiro atoms. The van der Waals surface area contributed by atoms with Gasteiger partial charge in [-0.25, -0.2) is 0 Å². The van der Waals surface area contributed by atoms with Crippen LogP contribution < -0.4 is 0 Å². The van der Waals surface area contributed by atoms with Gasteiger partial charge in [-0.2, -0.15) is 0 Å². The Hall–Kier alpha value is -2.16. The first-order valence-corrected chi connectivity index (χ1v) is 5.66. The highest BCUT2D eigenvalue weighted by Crippen LogP contribution is 2.25. The van der Waals surface area contributed by atoms with Gasteiger partial charge < -0.3 is 15.8 Å². The number of nitrogens with one attached hydrogen (secondary N) is 3. The largest absolute Gasteiger partial charge is 0.354 e. The van der Waals surface area contributed by atoms with E-state index >= 15 is 0 Å². The van der Waals surface area contributed by atoms with Crippen molar-refractivity contribution < 1.29 is 0 Å². The van der Waals surface area contributed by atoms with E-state index in [-0.39, 0.29) is 0 Å². The molecule has 1 aromatic heterocycles. The number of benzene rings is 1. The Morgan fingerprint density at radius 2 is 1.94 bits per heavy atom. The molecule has 0 saturated heterocycles. The van der Waals surface area contributed by atoms with Crippen molar-refractivity contribution in [1.29, 1.82) is 10.8 Å². The molecule has 0 atom stereocenters. The van der Waals surface area contributed by atoms with Crippen molar-refractivity contribution in [3.63, 3.8) is 0 Å². The summed E-state index contributed by atoms with van der Waals surface area (Å²) in [5.74, 6) is 0. The van der Waals surface area contributed by atoms with Crippen molar-refractivity contribution in [3.8, 4) is 0 Å². The molecule has 3 N–H and O–H groups in total. The summed E-state index contributed by atoms with van der Waals surface area (Å²) in [7, 11) is 0. The summed E-state index contributed by atoms with van der Waals surface area (Å²) in [4.78, 5) is 3.33. The summed E-state index contributed by atoms with van der Waals surface area (Å²) in [5.41, 5.74) is 4.18. The second-order valence-electron chi connectivity index (χ2n) is 4.35. The third kappa shape index (κ3) is 1.69. The Morgan fingerprint density at radius 3 is 2.71 bits per heavy atom. The highest BCUT2D eigenvalue weighted by Gasteiger charge is 2.16. The third-order valence-corrected chi connectivity index (χ3v) is 3.09. The highest BCUT2D eigenvalue weighted by atomic mass is 14.7. The summed E-state index contributed by atoms with van der Waals surface area (Å²) in [5, 5.41) is 16.7. The Morgan fingerprint density at radius 1 is 1.12 bits per heavy atom. The van der Waals surface area contributed by atoms with Crippen LogP contribution in [-0.4, -0.2) is 16.4 Å². The zero-order chi connectivity index (χ0) is 11.8. The van der Waals surface area contributed by atoms with E-state index in [0.29, 0.717) is 24.3 Å². The number of hydrogen-bond donors (Lipinski definition) is 3. The summed E-state index contributed by atoms with van der Waals surface area (Å²) in [6.07, 6.45) is 3.10. The van der Waals surface area contributed by atoms with E-state index in [1.165, 1.54) is 0 Å². The fourth-order valence-electron chi connectivity index (χ4n) is 2.22. The summed E-state index contributed by atoms with van der Waals surface area (Å²) >= 11 is 0. The van der Waals surface area contributed by atoms with Crippen LogP contribution in [0.1, 0.15) is 18.5 Å². The Labute approximate surface area is 99.2 Å². The van der Waals surface area contributed by atoms with Gasteiger partial charge in [0.15, 0.2) is 0 Å². The van der Waals surface area contributed by atoms with Crippen molar-refractivity contribution in [2.24, 2.45) is 0 Å². The first-order chi connectivity index (χ1) is 8.24. The van der Waals surface area contributed by atoms with Crippen molar-refractivity contribution in [2.45, 2.75) is 12.8 Å². The minimum Gasteiger partial charge on any atom is -0.354 e. The molecule has 3 heteroatoms. The topological polar surface area (TPSA) is 63.5 Å². The Bertz CT molecular complexity index is 613. The molecular weight excluding hydrogens is 210 g/mol. The predicted molar refractivity (Wildman–Crippen MR) is 71.0 cm³/mol. The van der Waals surface area contributed by atoms with E-state index in [1.807, 2.05) is 24.3 Å². The smallest absolute Gasteiger partial charge is 0.0480 e. The van der Waals surface area contributed by atoms with Crippen molar-refractivity contribution >= 4 is 27.9 Å². The molecule has 0 aliphatic heterocycles. The second kappa shape index (κ2) is 3.70. The van der Waals surface area contributed by atoms with Gasteiger partial charge in [-0.1, -0.05) is 24.3 Å². The zero-order valence-corrected chi connectivity index (χ0v) is 9.38. The summed E-state index contributed by atoms with van der Waals surface area (Å²) in [6, 6.07) is 10.2. The van der Waals surface area contributed by atoms with Crippen molar-refractivity contribution in [1.82, 2.24) is 4.98 Å². The molecule has 17 heavy (non-hydrogen) atoms. The number of H-pyrrole nitrogens is 1.